The largest absolute Gasteiger partial charge is 0.362 e. The van der Waals surface area contributed by atoms with Gasteiger partial charge in [0.1, 0.15) is 10.8 Å². The van der Waals surface area contributed by atoms with Crippen LogP contribution in [0.2, 0.25) is 5.15 Å². The van der Waals surface area contributed by atoms with Gasteiger partial charge in [-0.15, -0.1) is 0 Å². The smallest absolute Gasteiger partial charge is 0.317 e. The second-order valence-electron chi connectivity index (χ2n) is 8.23. The number of likely N-dealkylation sites (tertiary alicyclic amines) is 1. The normalized spacial score (nSPS) is 23.8. The molecule has 1 unspecified atom stereocenters. The lowest BCUT2D eigenvalue weighted by molar-refractivity contribution is -0.124. The first-order chi connectivity index (χ1) is 14.4. The van der Waals surface area contributed by atoms with Gasteiger partial charge in [0.05, 0.1) is 35.8 Å². The van der Waals surface area contributed by atoms with Crippen LogP contribution >= 0.6 is 23.5 Å². The van der Waals surface area contributed by atoms with Gasteiger partial charge in [0.2, 0.25) is 0 Å². The van der Waals surface area contributed by atoms with Gasteiger partial charge in [-0.2, -0.15) is 0 Å². The molecule has 2 aromatic rings. The predicted octanol–water partition coefficient (Wildman–Crippen LogP) is 4.26. The maximum atomic E-state index is 12.0. The number of nitrogens with one attached hydrogen (secondary N) is 1. The minimum atomic E-state index is -0.357. The van der Waals surface area contributed by atoms with Crippen molar-refractivity contribution >= 4 is 35.3 Å². The second kappa shape index (κ2) is 7.25. The molecule has 5 rings (SSSR count). The Morgan fingerprint density at radius 2 is 2.17 bits per heavy atom. The Bertz CT molecular complexity index is 1050. The number of pyridine rings is 1. The molecule has 2 amide bonds. The van der Waals surface area contributed by atoms with Crippen molar-refractivity contribution in [1.82, 2.24) is 15.2 Å². The molecule has 1 N–H and O–H groups in total. The molecule has 1 saturated heterocycles. The van der Waals surface area contributed by atoms with E-state index in [9.17, 15) is 4.79 Å². The van der Waals surface area contributed by atoms with E-state index < -0.39 is 0 Å². The van der Waals surface area contributed by atoms with E-state index >= 15 is 0 Å². The van der Waals surface area contributed by atoms with Gasteiger partial charge < -0.3 is 15.0 Å². The van der Waals surface area contributed by atoms with Crippen LogP contribution in [0, 0.1) is 0 Å². The third-order valence-electron chi connectivity index (χ3n) is 6.06. The van der Waals surface area contributed by atoms with Crippen LogP contribution in [0.1, 0.15) is 42.7 Å². The minimum Gasteiger partial charge on any atom is -0.362 e. The van der Waals surface area contributed by atoms with Crippen molar-refractivity contribution in [3.8, 4) is 0 Å². The molecule has 4 heterocycles. The number of carbonyl (C=O) groups excluding carboxylic acids is 1. The van der Waals surface area contributed by atoms with Crippen molar-refractivity contribution in [2.24, 2.45) is 4.40 Å². The van der Waals surface area contributed by atoms with Gasteiger partial charge in [-0.05, 0) is 60.7 Å². The molecule has 1 aromatic heterocycles. The van der Waals surface area contributed by atoms with Crippen molar-refractivity contribution < 1.29 is 9.53 Å². The van der Waals surface area contributed by atoms with Gasteiger partial charge in [-0.3, -0.25) is 0 Å². The van der Waals surface area contributed by atoms with Crippen molar-refractivity contribution in [3.63, 3.8) is 0 Å². The van der Waals surface area contributed by atoms with Gasteiger partial charge in [-0.1, -0.05) is 29.8 Å². The number of fused-ring (bicyclic) bond motifs is 2. The van der Waals surface area contributed by atoms with E-state index in [-0.39, 0.29) is 16.4 Å². The fourth-order valence-corrected chi connectivity index (χ4v) is 5.46. The Morgan fingerprint density at radius 1 is 1.33 bits per heavy atom. The number of hydrogen-bond donors (Lipinski definition) is 1. The molecule has 0 aliphatic carbocycles. The molecule has 1 aromatic carbocycles. The number of ether oxygens (including phenoxy) is 1. The van der Waals surface area contributed by atoms with Gasteiger partial charge in [0.15, 0.2) is 0 Å². The van der Waals surface area contributed by atoms with Gasteiger partial charge in [0.25, 0.3) is 0 Å². The van der Waals surface area contributed by atoms with Gasteiger partial charge in [-0.25, -0.2) is 14.2 Å². The number of urea groups is 1. The van der Waals surface area contributed by atoms with E-state index in [1.54, 1.807) is 22.9 Å². The van der Waals surface area contributed by atoms with E-state index in [1.807, 2.05) is 19.1 Å². The van der Waals surface area contributed by atoms with E-state index in [0.29, 0.717) is 31.4 Å². The summed E-state index contributed by atoms with van der Waals surface area (Å²) in [6, 6.07) is 12.2. The van der Waals surface area contributed by atoms with Gasteiger partial charge >= 0.3 is 6.03 Å². The summed E-state index contributed by atoms with van der Waals surface area (Å²) in [5.74, 6) is 0. The van der Waals surface area contributed by atoms with Crippen LogP contribution in [-0.2, 0) is 21.7 Å². The average Bonchev–Trinajstić information content (AvgIpc) is 3.29. The number of rotatable bonds is 3. The van der Waals surface area contributed by atoms with Crippen LogP contribution in [-0.4, -0.2) is 41.3 Å². The number of aromatic nitrogens is 1. The zero-order valence-electron chi connectivity index (χ0n) is 16.9. The summed E-state index contributed by atoms with van der Waals surface area (Å²) in [7, 11) is 0. The first kappa shape index (κ1) is 19.8. The summed E-state index contributed by atoms with van der Waals surface area (Å²) in [5, 5.41) is 3.35. The van der Waals surface area contributed by atoms with Crippen molar-refractivity contribution in [2.75, 3.05) is 19.6 Å². The number of carbonyl (C=O) groups is 1. The van der Waals surface area contributed by atoms with E-state index in [2.05, 4.69) is 35.4 Å². The third kappa shape index (κ3) is 3.20. The Morgan fingerprint density at radius 3 is 2.93 bits per heavy atom. The zero-order valence-corrected chi connectivity index (χ0v) is 18.5. The Kier molecular flexibility index (Phi) is 4.80. The van der Waals surface area contributed by atoms with E-state index in [4.69, 9.17) is 20.7 Å². The molecule has 156 valence electrons. The van der Waals surface area contributed by atoms with Crippen LogP contribution in [0.4, 0.5) is 4.79 Å². The number of amides is 2. The lowest BCUT2D eigenvalue weighted by atomic mass is 9.84. The molecule has 1 fully saturated rings. The first-order valence-corrected chi connectivity index (χ1v) is 11.3. The molecule has 6 nitrogen and oxygen atoms in total. The first-order valence-electron chi connectivity index (χ1n) is 10.1. The minimum absolute atomic E-state index is 0.0250. The second-order valence-corrected chi connectivity index (χ2v) is 9.88. The molecular weight excluding hydrogens is 420 g/mol. The lowest BCUT2D eigenvalue weighted by Crippen LogP contribution is -2.63. The Balaban J connectivity index is 1.33. The molecule has 8 heteroatoms. The molecule has 3 aliphatic rings. The molecule has 3 aliphatic heterocycles. The third-order valence-corrected chi connectivity index (χ3v) is 7.34. The maximum Gasteiger partial charge on any atom is 0.317 e. The fraction of sp³-hybridized carbons (Fsp3) is 0.409. The SMILES string of the molecule is CCNC(=O)N1CC2(C1)OCc1cc(C3=NSC(C)(c4cccc(Cl)n4)C3)ccc12. The van der Waals surface area contributed by atoms with Crippen molar-refractivity contribution in [1.29, 1.82) is 0 Å². The summed E-state index contributed by atoms with van der Waals surface area (Å²) >= 11 is 7.65. The lowest BCUT2D eigenvalue weighted by Gasteiger charge is -2.47. The predicted molar refractivity (Wildman–Crippen MR) is 119 cm³/mol. The number of hydrogen-bond acceptors (Lipinski definition) is 5. The highest BCUT2D eigenvalue weighted by atomic mass is 35.5. The van der Waals surface area contributed by atoms with E-state index in [0.717, 1.165) is 23.4 Å². The highest BCUT2D eigenvalue weighted by Crippen LogP contribution is 2.47. The van der Waals surface area contributed by atoms with E-state index in [1.165, 1.54) is 11.1 Å². The Hall–Kier alpha value is -2.09. The fourth-order valence-electron chi connectivity index (χ4n) is 4.40. The summed E-state index contributed by atoms with van der Waals surface area (Å²) in [4.78, 5) is 18.3. The molecule has 1 spiro atoms. The topological polar surface area (TPSA) is 66.8 Å². The summed E-state index contributed by atoms with van der Waals surface area (Å²) < 4.78 is 10.7. The molecule has 1 atom stereocenters. The summed E-state index contributed by atoms with van der Waals surface area (Å²) in [6.45, 7) is 6.48. The molecule has 0 saturated carbocycles. The van der Waals surface area contributed by atoms with Gasteiger partial charge in [0, 0.05) is 13.0 Å². The zero-order chi connectivity index (χ0) is 20.9. The monoisotopic (exact) mass is 442 g/mol. The van der Waals surface area contributed by atoms with Crippen LogP contribution in [0.25, 0.3) is 0 Å². The standard InChI is InChI=1S/C22H23ClN4O2S/c1-3-24-20(28)27-12-22(13-27)16-8-7-14(9-15(16)11-29-22)17-10-21(2,30-26-17)18-5-4-6-19(23)25-18/h4-9H,3,10-13H2,1-2H3,(H,24,28). The summed E-state index contributed by atoms with van der Waals surface area (Å²) in [5.41, 5.74) is 5.15. The van der Waals surface area contributed by atoms with Crippen LogP contribution in [0.15, 0.2) is 40.8 Å². The quantitative estimate of drug-likeness (QED) is 0.569. The number of benzene rings is 1. The highest BCUT2D eigenvalue weighted by Gasteiger charge is 2.51. The van der Waals surface area contributed by atoms with Crippen molar-refractivity contribution in [3.05, 3.63) is 63.9 Å². The van der Waals surface area contributed by atoms with Crippen LogP contribution in [0.3, 0.4) is 0 Å². The Labute approximate surface area is 185 Å². The van der Waals surface area contributed by atoms with Crippen molar-refractivity contribution in [2.45, 2.75) is 37.2 Å². The molecule has 30 heavy (non-hydrogen) atoms. The van der Waals surface area contributed by atoms with Crippen LogP contribution in [0.5, 0.6) is 0 Å². The number of halogens is 1. The summed E-state index contributed by atoms with van der Waals surface area (Å²) in [6.07, 6.45) is 0.792. The number of nitrogens with zero attached hydrogens (tertiary/aromatic N) is 3. The van der Waals surface area contributed by atoms with Crippen LogP contribution < -0.4 is 5.32 Å². The average molecular weight is 443 g/mol. The molecule has 0 radical (unpaired) electrons. The molecule has 0 bridgehead atoms. The molecular formula is C22H23ClN4O2S. The highest BCUT2D eigenvalue weighted by molar-refractivity contribution is 7.99. The maximum absolute atomic E-state index is 12.0.